The maximum Gasteiger partial charge on any atom is 0.327 e. The van der Waals surface area contributed by atoms with Gasteiger partial charge in [0, 0.05) is 45.6 Å². The van der Waals surface area contributed by atoms with Crippen molar-refractivity contribution in [1.29, 1.82) is 0 Å². The zero-order valence-electron chi connectivity index (χ0n) is 18.3. The summed E-state index contributed by atoms with van der Waals surface area (Å²) in [5, 5.41) is 0. The van der Waals surface area contributed by atoms with E-state index < -0.39 is 5.54 Å². The summed E-state index contributed by atoms with van der Waals surface area (Å²) in [4.78, 5) is 35.7. The van der Waals surface area contributed by atoms with Crippen molar-refractivity contribution in [3.05, 3.63) is 53.9 Å². The number of hydrogen-bond donors (Lipinski definition) is 0. The molecule has 2 fully saturated rings. The number of carbonyl (C=O) groups is 2. The van der Waals surface area contributed by atoms with Crippen LogP contribution >= 0.6 is 0 Å². The van der Waals surface area contributed by atoms with Crippen molar-refractivity contribution in [2.45, 2.75) is 37.8 Å². The molecule has 1 spiro atoms. The molecular formula is C24H28N4O4. The molecule has 8 heteroatoms. The SMILES string of the molecule is CN1C(=O)N(CCCc2ccncc2)C(=O)C12CCN(Cc1ccc3c(c1)OCO3)CC2. The molecule has 0 N–H and O–H groups in total. The summed E-state index contributed by atoms with van der Waals surface area (Å²) in [5.41, 5.74) is 1.61. The minimum atomic E-state index is -0.709. The van der Waals surface area contributed by atoms with Crippen LogP contribution in [-0.4, -0.2) is 70.6 Å². The highest BCUT2D eigenvalue weighted by molar-refractivity contribution is 6.07. The third kappa shape index (κ3) is 3.68. The van der Waals surface area contributed by atoms with E-state index in [1.165, 1.54) is 10.5 Å². The predicted octanol–water partition coefficient (Wildman–Crippen LogP) is 2.67. The van der Waals surface area contributed by atoms with Crippen molar-refractivity contribution >= 4 is 11.9 Å². The molecular weight excluding hydrogens is 408 g/mol. The van der Waals surface area contributed by atoms with E-state index in [2.05, 4.69) is 16.0 Å². The summed E-state index contributed by atoms with van der Waals surface area (Å²) >= 11 is 0. The van der Waals surface area contributed by atoms with Crippen LogP contribution in [0.4, 0.5) is 4.79 Å². The number of nitrogens with zero attached hydrogens (tertiary/aromatic N) is 4. The van der Waals surface area contributed by atoms with Gasteiger partial charge in [-0.2, -0.15) is 0 Å². The number of pyridine rings is 1. The number of aryl methyl sites for hydroxylation is 1. The highest BCUT2D eigenvalue weighted by atomic mass is 16.7. The molecule has 0 unspecified atom stereocenters. The van der Waals surface area contributed by atoms with Gasteiger partial charge in [-0.1, -0.05) is 6.07 Å². The molecule has 3 aliphatic rings. The third-order valence-electron chi connectivity index (χ3n) is 6.93. The average Bonchev–Trinajstić information content (AvgIpc) is 3.35. The van der Waals surface area contributed by atoms with Gasteiger partial charge in [-0.05, 0) is 61.1 Å². The van der Waals surface area contributed by atoms with Gasteiger partial charge < -0.3 is 14.4 Å². The Kier molecular flexibility index (Phi) is 5.46. The Morgan fingerprint density at radius 1 is 1.00 bits per heavy atom. The maximum absolute atomic E-state index is 13.3. The molecule has 5 rings (SSSR count). The first-order valence-corrected chi connectivity index (χ1v) is 11.2. The largest absolute Gasteiger partial charge is 0.454 e. The average molecular weight is 437 g/mol. The molecule has 4 heterocycles. The third-order valence-corrected chi connectivity index (χ3v) is 6.93. The molecule has 0 radical (unpaired) electrons. The topological polar surface area (TPSA) is 75.2 Å². The van der Waals surface area contributed by atoms with Crippen LogP contribution in [0.5, 0.6) is 11.5 Å². The molecule has 3 aliphatic heterocycles. The molecule has 0 bridgehead atoms. The number of imide groups is 1. The van der Waals surface area contributed by atoms with Crippen LogP contribution < -0.4 is 9.47 Å². The molecule has 0 saturated carbocycles. The number of benzene rings is 1. The van der Waals surface area contributed by atoms with E-state index in [9.17, 15) is 9.59 Å². The number of aromatic nitrogens is 1. The number of ether oxygens (including phenoxy) is 2. The number of urea groups is 1. The first kappa shape index (κ1) is 20.8. The second kappa shape index (κ2) is 8.43. The van der Waals surface area contributed by atoms with E-state index in [-0.39, 0.29) is 18.7 Å². The summed E-state index contributed by atoms with van der Waals surface area (Å²) < 4.78 is 10.9. The molecule has 3 amide bonds. The molecule has 168 valence electrons. The van der Waals surface area contributed by atoms with Crippen LogP contribution in [0.25, 0.3) is 0 Å². The number of rotatable bonds is 6. The van der Waals surface area contributed by atoms with Crippen LogP contribution in [0.3, 0.4) is 0 Å². The van der Waals surface area contributed by atoms with Gasteiger partial charge in [0.2, 0.25) is 6.79 Å². The van der Waals surface area contributed by atoms with Gasteiger partial charge in [0.05, 0.1) is 0 Å². The minimum Gasteiger partial charge on any atom is -0.454 e. The van der Waals surface area contributed by atoms with Crippen molar-refractivity contribution < 1.29 is 19.1 Å². The standard InChI is InChI=1S/C24H28N4O4/c1-26-23(30)28(12-2-3-18-6-10-25-11-7-18)22(29)24(26)8-13-27(14-9-24)16-19-4-5-20-21(15-19)32-17-31-20/h4-7,10-11,15H,2-3,8-9,12-14,16-17H2,1H3. The smallest absolute Gasteiger partial charge is 0.327 e. The molecule has 0 atom stereocenters. The van der Waals surface area contributed by atoms with Gasteiger partial charge in [0.25, 0.3) is 5.91 Å². The lowest BCUT2D eigenvalue weighted by Gasteiger charge is -2.40. The Hall–Kier alpha value is -3.13. The van der Waals surface area contributed by atoms with Gasteiger partial charge in [0.1, 0.15) is 5.54 Å². The van der Waals surface area contributed by atoms with E-state index in [1.54, 1.807) is 24.3 Å². The number of likely N-dealkylation sites (N-methyl/N-ethyl adjacent to an activating group) is 1. The summed E-state index contributed by atoms with van der Waals surface area (Å²) in [6.07, 6.45) is 6.41. The van der Waals surface area contributed by atoms with E-state index >= 15 is 0 Å². The van der Waals surface area contributed by atoms with E-state index in [1.807, 2.05) is 24.3 Å². The van der Waals surface area contributed by atoms with Crippen LogP contribution in [0, 0.1) is 0 Å². The first-order chi connectivity index (χ1) is 15.6. The lowest BCUT2D eigenvalue weighted by atomic mass is 9.86. The fraction of sp³-hybridized carbons (Fsp3) is 0.458. The van der Waals surface area contributed by atoms with Crippen molar-refractivity contribution in [2.24, 2.45) is 0 Å². The number of amides is 3. The van der Waals surface area contributed by atoms with Crippen LogP contribution in [0.15, 0.2) is 42.7 Å². The minimum absolute atomic E-state index is 0.0394. The van der Waals surface area contributed by atoms with Gasteiger partial charge in [-0.3, -0.25) is 19.6 Å². The fourth-order valence-electron chi connectivity index (χ4n) is 4.96. The van der Waals surface area contributed by atoms with Crippen LogP contribution in [-0.2, 0) is 17.8 Å². The Morgan fingerprint density at radius 3 is 2.53 bits per heavy atom. The molecule has 2 saturated heterocycles. The van der Waals surface area contributed by atoms with Crippen molar-refractivity contribution in [2.75, 3.05) is 33.5 Å². The lowest BCUT2D eigenvalue weighted by molar-refractivity contribution is -0.135. The highest BCUT2D eigenvalue weighted by Crippen LogP contribution is 2.37. The van der Waals surface area contributed by atoms with Gasteiger partial charge in [0.15, 0.2) is 11.5 Å². The molecule has 0 aliphatic carbocycles. The second-order valence-electron chi connectivity index (χ2n) is 8.75. The normalized spacial score (nSPS) is 19.9. The van der Waals surface area contributed by atoms with Gasteiger partial charge in [-0.15, -0.1) is 0 Å². The molecule has 32 heavy (non-hydrogen) atoms. The van der Waals surface area contributed by atoms with Gasteiger partial charge in [-0.25, -0.2) is 4.79 Å². The summed E-state index contributed by atoms with van der Waals surface area (Å²) in [6, 6.07) is 9.79. The van der Waals surface area contributed by atoms with Crippen molar-refractivity contribution in [1.82, 2.24) is 19.7 Å². The Bertz CT molecular complexity index is 1000. The van der Waals surface area contributed by atoms with Crippen LogP contribution in [0.2, 0.25) is 0 Å². The fourth-order valence-corrected chi connectivity index (χ4v) is 4.96. The Labute approximate surface area is 187 Å². The van der Waals surface area contributed by atoms with Gasteiger partial charge >= 0.3 is 6.03 Å². The predicted molar refractivity (Wildman–Crippen MR) is 117 cm³/mol. The summed E-state index contributed by atoms with van der Waals surface area (Å²) in [5.74, 6) is 1.53. The van der Waals surface area contributed by atoms with E-state index in [4.69, 9.17) is 9.47 Å². The number of piperidine rings is 1. The van der Waals surface area contributed by atoms with Crippen LogP contribution in [0.1, 0.15) is 30.4 Å². The second-order valence-corrected chi connectivity index (χ2v) is 8.75. The quantitative estimate of drug-likeness (QED) is 0.648. The summed E-state index contributed by atoms with van der Waals surface area (Å²) in [7, 11) is 1.77. The molecule has 1 aromatic carbocycles. The first-order valence-electron chi connectivity index (χ1n) is 11.2. The summed E-state index contributed by atoms with van der Waals surface area (Å²) in [6.45, 7) is 3.04. The monoisotopic (exact) mass is 436 g/mol. The highest BCUT2D eigenvalue weighted by Gasteiger charge is 2.56. The Balaban J connectivity index is 1.19. The lowest BCUT2D eigenvalue weighted by Crippen LogP contribution is -2.55. The molecule has 8 nitrogen and oxygen atoms in total. The van der Waals surface area contributed by atoms with E-state index in [0.29, 0.717) is 19.4 Å². The number of likely N-dealkylation sites (tertiary alicyclic amines) is 1. The van der Waals surface area contributed by atoms with Crippen molar-refractivity contribution in [3.63, 3.8) is 0 Å². The molecule has 2 aromatic rings. The maximum atomic E-state index is 13.3. The van der Waals surface area contributed by atoms with E-state index in [0.717, 1.165) is 49.5 Å². The number of fused-ring (bicyclic) bond motifs is 1. The molecule has 1 aromatic heterocycles. The number of carbonyl (C=O) groups excluding carboxylic acids is 2. The zero-order valence-corrected chi connectivity index (χ0v) is 18.3. The zero-order chi connectivity index (χ0) is 22.1. The van der Waals surface area contributed by atoms with Crippen molar-refractivity contribution in [3.8, 4) is 11.5 Å². The Morgan fingerprint density at radius 2 is 1.75 bits per heavy atom. The number of hydrogen-bond acceptors (Lipinski definition) is 6.